The second-order valence-corrected chi connectivity index (χ2v) is 5.94. The second kappa shape index (κ2) is 5.11. The maximum atomic E-state index is 12.3. The molecule has 1 aliphatic carbocycles. The molecule has 20 heavy (non-hydrogen) atoms. The molecule has 2 rings (SSSR count). The Morgan fingerprint density at radius 1 is 1.50 bits per heavy atom. The average molecular weight is 277 g/mol. The van der Waals surface area contributed by atoms with Crippen molar-refractivity contribution in [3.63, 3.8) is 0 Å². The number of anilines is 1. The Hall–Kier alpha value is -2.11. The van der Waals surface area contributed by atoms with E-state index in [1.54, 1.807) is 0 Å². The number of hydrogen-bond donors (Lipinski definition) is 2. The van der Waals surface area contributed by atoms with E-state index in [1.165, 1.54) is 18.2 Å². The number of carbonyl (C=O) groups excluding carboxylic acids is 1. The predicted molar refractivity (Wildman–Crippen MR) is 76.4 cm³/mol. The summed E-state index contributed by atoms with van der Waals surface area (Å²) in [6.45, 7) is 4.23. The first kappa shape index (κ1) is 14.3. The smallest absolute Gasteiger partial charge is 0.270 e. The highest BCUT2D eigenvalue weighted by molar-refractivity contribution is 6.00. The molecule has 6 nitrogen and oxygen atoms in total. The van der Waals surface area contributed by atoms with Crippen LogP contribution in [0.3, 0.4) is 0 Å². The van der Waals surface area contributed by atoms with Crippen molar-refractivity contribution in [2.45, 2.75) is 39.2 Å². The van der Waals surface area contributed by atoms with Crippen molar-refractivity contribution in [1.82, 2.24) is 5.32 Å². The number of benzene rings is 1. The van der Waals surface area contributed by atoms with Gasteiger partial charge in [0.05, 0.1) is 10.5 Å². The van der Waals surface area contributed by atoms with E-state index in [1.807, 2.05) is 0 Å². The van der Waals surface area contributed by atoms with Crippen LogP contribution in [-0.4, -0.2) is 16.9 Å². The molecule has 1 aromatic carbocycles. The minimum Gasteiger partial charge on any atom is -0.398 e. The maximum Gasteiger partial charge on any atom is 0.270 e. The number of nitro benzene ring substituents is 1. The lowest BCUT2D eigenvalue weighted by molar-refractivity contribution is -0.384. The van der Waals surface area contributed by atoms with Gasteiger partial charge in [-0.25, -0.2) is 0 Å². The quantitative estimate of drug-likeness (QED) is 0.503. The molecule has 108 valence electrons. The summed E-state index contributed by atoms with van der Waals surface area (Å²) >= 11 is 0. The first-order valence-corrected chi connectivity index (χ1v) is 6.66. The average Bonchev–Trinajstić information content (AvgIpc) is 2.68. The van der Waals surface area contributed by atoms with Gasteiger partial charge < -0.3 is 11.1 Å². The van der Waals surface area contributed by atoms with Crippen LogP contribution in [0.2, 0.25) is 0 Å². The number of nitrogens with two attached hydrogens (primary N) is 1. The van der Waals surface area contributed by atoms with E-state index in [0.717, 1.165) is 19.3 Å². The highest BCUT2D eigenvalue weighted by Gasteiger charge is 2.35. The molecule has 0 aliphatic heterocycles. The molecule has 0 heterocycles. The molecule has 3 N–H and O–H groups in total. The van der Waals surface area contributed by atoms with Crippen LogP contribution in [-0.2, 0) is 0 Å². The Bertz CT molecular complexity index is 555. The number of hydrogen-bond acceptors (Lipinski definition) is 4. The number of rotatable bonds is 3. The molecule has 0 aromatic heterocycles. The molecule has 1 fully saturated rings. The fraction of sp³-hybridized carbons (Fsp3) is 0.500. The number of nitrogens with zero attached hydrogens (tertiary/aromatic N) is 1. The van der Waals surface area contributed by atoms with Crippen molar-refractivity contribution in [3.05, 3.63) is 33.9 Å². The molecule has 1 amide bonds. The lowest BCUT2D eigenvalue weighted by atomic mass is 9.87. The predicted octanol–water partition coefficient (Wildman–Crippen LogP) is 2.49. The third-order valence-corrected chi connectivity index (χ3v) is 4.05. The summed E-state index contributed by atoms with van der Waals surface area (Å²) in [7, 11) is 0. The second-order valence-electron chi connectivity index (χ2n) is 5.94. The van der Waals surface area contributed by atoms with Crippen LogP contribution in [0, 0.1) is 15.5 Å². The van der Waals surface area contributed by atoms with Gasteiger partial charge in [-0.2, -0.15) is 0 Å². The highest BCUT2D eigenvalue weighted by atomic mass is 16.6. The van der Waals surface area contributed by atoms with Gasteiger partial charge in [-0.1, -0.05) is 20.3 Å². The van der Waals surface area contributed by atoms with Crippen molar-refractivity contribution < 1.29 is 9.72 Å². The Balaban J connectivity index is 2.21. The molecule has 1 saturated carbocycles. The minimum atomic E-state index is -0.532. The van der Waals surface area contributed by atoms with E-state index < -0.39 is 4.92 Å². The van der Waals surface area contributed by atoms with Crippen LogP contribution < -0.4 is 11.1 Å². The van der Waals surface area contributed by atoms with E-state index in [0.29, 0.717) is 0 Å². The van der Waals surface area contributed by atoms with Crippen molar-refractivity contribution in [2.24, 2.45) is 5.41 Å². The van der Waals surface area contributed by atoms with Crippen molar-refractivity contribution >= 4 is 17.3 Å². The van der Waals surface area contributed by atoms with Crippen LogP contribution in [0.1, 0.15) is 43.5 Å². The number of nitro groups is 1. The highest BCUT2D eigenvalue weighted by Crippen LogP contribution is 2.37. The standard InChI is InChI=1S/C14H19N3O3/c1-14(2)7-3-4-12(14)16-13(18)10-8-9(17(19)20)5-6-11(10)15/h5-6,8,12H,3-4,7,15H2,1-2H3,(H,16,18). The van der Waals surface area contributed by atoms with Crippen LogP contribution in [0.25, 0.3) is 0 Å². The summed E-state index contributed by atoms with van der Waals surface area (Å²) in [4.78, 5) is 22.5. The number of amides is 1. The zero-order valence-corrected chi connectivity index (χ0v) is 11.7. The third kappa shape index (κ3) is 2.74. The molecule has 0 spiro atoms. The van der Waals surface area contributed by atoms with Gasteiger partial charge in [-0.05, 0) is 24.3 Å². The first-order chi connectivity index (χ1) is 9.31. The van der Waals surface area contributed by atoms with E-state index in [4.69, 9.17) is 5.73 Å². The summed E-state index contributed by atoms with van der Waals surface area (Å²) in [5, 5.41) is 13.7. The Morgan fingerprint density at radius 2 is 2.20 bits per heavy atom. The van der Waals surface area contributed by atoms with E-state index in [2.05, 4.69) is 19.2 Å². The molecule has 1 aromatic rings. The van der Waals surface area contributed by atoms with E-state index >= 15 is 0 Å². The first-order valence-electron chi connectivity index (χ1n) is 6.66. The Labute approximate surface area is 117 Å². The van der Waals surface area contributed by atoms with Crippen LogP contribution >= 0.6 is 0 Å². The van der Waals surface area contributed by atoms with Gasteiger partial charge in [0.15, 0.2) is 0 Å². The lowest BCUT2D eigenvalue weighted by Gasteiger charge is -2.27. The van der Waals surface area contributed by atoms with Gasteiger partial charge in [0.25, 0.3) is 11.6 Å². The largest absolute Gasteiger partial charge is 0.398 e. The summed E-state index contributed by atoms with van der Waals surface area (Å²) in [6, 6.07) is 4.00. The maximum absolute atomic E-state index is 12.3. The van der Waals surface area contributed by atoms with Gasteiger partial charge >= 0.3 is 0 Å². The third-order valence-electron chi connectivity index (χ3n) is 4.05. The van der Waals surface area contributed by atoms with Gasteiger partial charge in [-0.15, -0.1) is 0 Å². The number of non-ortho nitro benzene ring substituents is 1. The minimum absolute atomic E-state index is 0.0468. The topological polar surface area (TPSA) is 98.3 Å². The molecular formula is C14H19N3O3. The SMILES string of the molecule is CC1(C)CCCC1NC(=O)c1cc([N+](=O)[O-])ccc1N. The monoisotopic (exact) mass is 277 g/mol. The number of nitrogens with one attached hydrogen (secondary N) is 1. The van der Waals surface area contributed by atoms with Crippen LogP contribution in [0.15, 0.2) is 18.2 Å². The zero-order valence-electron chi connectivity index (χ0n) is 11.7. The summed E-state index contributed by atoms with van der Waals surface area (Å²) in [5.41, 5.74) is 6.09. The van der Waals surface area contributed by atoms with E-state index in [9.17, 15) is 14.9 Å². The summed E-state index contributed by atoms with van der Waals surface area (Å²) in [5.74, 6) is -0.342. The van der Waals surface area contributed by atoms with Gasteiger partial charge in [0.1, 0.15) is 0 Å². The molecule has 1 aliphatic rings. The summed E-state index contributed by atoms with van der Waals surface area (Å²) < 4.78 is 0. The fourth-order valence-electron chi connectivity index (χ4n) is 2.68. The molecule has 1 unspecified atom stereocenters. The number of nitrogen functional groups attached to an aromatic ring is 1. The molecule has 0 radical (unpaired) electrons. The zero-order chi connectivity index (χ0) is 14.9. The fourth-order valence-corrected chi connectivity index (χ4v) is 2.68. The molecular weight excluding hydrogens is 258 g/mol. The Kier molecular flexibility index (Phi) is 3.65. The van der Waals surface area contributed by atoms with Gasteiger partial charge in [0, 0.05) is 23.9 Å². The lowest BCUT2D eigenvalue weighted by Crippen LogP contribution is -2.41. The Morgan fingerprint density at radius 3 is 2.75 bits per heavy atom. The van der Waals surface area contributed by atoms with Crippen molar-refractivity contribution in [3.8, 4) is 0 Å². The number of carbonyl (C=O) groups is 1. The normalized spacial score (nSPS) is 20.6. The molecule has 0 saturated heterocycles. The van der Waals surface area contributed by atoms with Crippen molar-refractivity contribution in [1.29, 1.82) is 0 Å². The van der Waals surface area contributed by atoms with Gasteiger partial charge in [0.2, 0.25) is 0 Å². The molecule has 6 heteroatoms. The van der Waals surface area contributed by atoms with Crippen molar-refractivity contribution in [2.75, 3.05) is 5.73 Å². The molecule has 1 atom stereocenters. The van der Waals surface area contributed by atoms with Gasteiger partial charge in [-0.3, -0.25) is 14.9 Å². The van der Waals surface area contributed by atoms with Crippen LogP contribution in [0.5, 0.6) is 0 Å². The summed E-state index contributed by atoms with van der Waals surface area (Å²) in [6.07, 6.45) is 3.05. The molecule has 0 bridgehead atoms. The van der Waals surface area contributed by atoms with E-state index in [-0.39, 0.29) is 34.3 Å². The van der Waals surface area contributed by atoms with Crippen LogP contribution in [0.4, 0.5) is 11.4 Å².